The van der Waals surface area contributed by atoms with Gasteiger partial charge in [-0.25, -0.2) is 4.39 Å². The molecule has 0 aliphatic rings. The Kier molecular flexibility index (Phi) is 5.90. The van der Waals surface area contributed by atoms with Gasteiger partial charge in [0.2, 0.25) is 0 Å². The van der Waals surface area contributed by atoms with Crippen molar-refractivity contribution < 1.29 is 27.1 Å². The highest BCUT2D eigenvalue weighted by atomic mass is 19.4. The van der Waals surface area contributed by atoms with Crippen molar-refractivity contribution in [2.24, 2.45) is 0 Å². The SMILES string of the molecule is CC(C)(CNC(=O)COc1cccc(F)c1)c1cccc(C(F)(F)F)c1. The number of amides is 1. The van der Waals surface area contributed by atoms with Crippen LogP contribution in [0.2, 0.25) is 0 Å². The molecule has 7 heteroatoms. The predicted molar refractivity (Wildman–Crippen MR) is 89.4 cm³/mol. The van der Waals surface area contributed by atoms with Crippen LogP contribution in [-0.2, 0) is 16.4 Å². The third-order valence-corrected chi connectivity index (χ3v) is 3.86. The second-order valence-corrected chi connectivity index (χ2v) is 6.49. The van der Waals surface area contributed by atoms with E-state index in [1.807, 2.05) is 0 Å². The van der Waals surface area contributed by atoms with E-state index in [1.165, 1.54) is 24.3 Å². The second-order valence-electron chi connectivity index (χ2n) is 6.49. The first-order valence-corrected chi connectivity index (χ1v) is 7.91. The van der Waals surface area contributed by atoms with Gasteiger partial charge < -0.3 is 10.1 Å². The Hall–Kier alpha value is -2.57. The van der Waals surface area contributed by atoms with Crippen molar-refractivity contribution in [2.45, 2.75) is 25.4 Å². The molecule has 0 aliphatic carbocycles. The van der Waals surface area contributed by atoms with E-state index >= 15 is 0 Å². The van der Waals surface area contributed by atoms with Gasteiger partial charge in [0.15, 0.2) is 6.61 Å². The Morgan fingerprint density at radius 3 is 2.35 bits per heavy atom. The molecule has 0 aliphatic heterocycles. The highest BCUT2D eigenvalue weighted by Crippen LogP contribution is 2.32. The predicted octanol–water partition coefficient (Wildman–Crippen LogP) is 4.32. The maximum atomic E-state index is 13.0. The molecule has 26 heavy (non-hydrogen) atoms. The van der Waals surface area contributed by atoms with Crippen LogP contribution in [0.15, 0.2) is 48.5 Å². The maximum Gasteiger partial charge on any atom is 0.416 e. The molecule has 1 amide bonds. The smallest absolute Gasteiger partial charge is 0.416 e. The van der Waals surface area contributed by atoms with Crippen LogP contribution in [-0.4, -0.2) is 19.1 Å². The largest absolute Gasteiger partial charge is 0.484 e. The van der Waals surface area contributed by atoms with Crippen LogP contribution >= 0.6 is 0 Å². The van der Waals surface area contributed by atoms with E-state index in [0.29, 0.717) is 5.56 Å². The minimum atomic E-state index is -4.42. The summed E-state index contributed by atoms with van der Waals surface area (Å²) >= 11 is 0. The van der Waals surface area contributed by atoms with Crippen molar-refractivity contribution in [3.8, 4) is 5.75 Å². The summed E-state index contributed by atoms with van der Waals surface area (Å²) in [5, 5.41) is 2.63. The van der Waals surface area contributed by atoms with Crippen LogP contribution in [0.1, 0.15) is 25.0 Å². The van der Waals surface area contributed by atoms with Gasteiger partial charge in [0.25, 0.3) is 5.91 Å². The highest BCUT2D eigenvalue weighted by molar-refractivity contribution is 5.77. The van der Waals surface area contributed by atoms with Gasteiger partial charge in [-0.2, -0.15) is 13.2 Å². The molecule has 0 saturated carbocycles. The Labute approximate surface area is 149 Å². The number of alkyl halides is 3. The molecule has 0 bridgehead atoms. The van der Waals surface area contributed by atoms with Crippen molar-refractivity contribution in [2.75, 3.05) is 13.2 Å². The molecular weight excluding hydrogens is 350 g/mol. The summed E-state index contributed by atoms with van der Waals surface area (Å²) in [6, 6.07) is 10.4. The monoisotopic (exact) mass is 369 g/mol. The van der Waals surface area contributed by atoms with Crippen molar-refractivity contribution in [1.82, 2.24) is 5.32 Å². The van der Waals surface area contributed by atoms with Gasteiger partial charge in [-0.1, -0.05) is 38.1 Å². The number of ether oxygens (including phenoxy) is 1. The van der Waals surface area contributed by atoms with Crippen LogP contribution < -0.4 is 10.1 Å². The lowest BCUT2D eigenvalue weighted by Crippen LogP contribution is -2.39. The molecule has 2 aromatic carbocycles. The Bertz CT molecular complexity index is 772. The quantitative estimate of drug-likeness (QED) is 0.771. The van der Waals surface area contributed by atoms with E-state index in [4.69, 9.17) is 4.74 Å². The molecule has 140 valence electrons. The average Bonchev–Trinajstić information content (AvgIpc) is 2.58. The van der Waals surface area contributed by atoms with Crippen LogP contribution in [0.5, 0.6) is 5.75 Å². The first-order valence-electron chi connectivity index (χ1n) is 7.91. The number of halogens is 4. The zero-order valence-electron chi connectivity index (χ0n) is 14.4. The van der Waals surface area contributed by atoms with Gasteiger partial charge in [0.05, 0.1) is 5.56 Å². The summed E-state index contributed by atoms with van der Waals surface area (Å²) in [5.41, 5.74) is -0.988. The first kappa shape index (κ1) is 19.8. The van der Waals surface area contributed by atoms with E-state index in [0.717, 1.165) is 18.2 Å². The summed E-state index contributed by atoms with van der Waals surface area (Å²) in [6.45, 7) is 3.27. The Morgan fingerprint density at radius 2 is 1.69 bits per heavy atom. The summed E-state index contributed by atoms with van der Waals surface area (Å²) in [5.74, 6) is -0.708. The third-order valence-electron chi connectivity index (χ3n) is 3.86. The fourth-order valence-electron chi connectivity index (χ4n) is 2.29. The van der Waals surface area contributed by atoms with Gasteiger partial charge in [0, 0.05) is 18.0 Å². The van der Waals surface area contributed by atoms with Gasteiger partial charge in [0.1, 0.15) is 11.6 Å². The average molecular weight is 369 g/mol. The molecule has 0 atom stereocenters. The molecule has 2 aromatic rings. The molecule has 0 heterocycles. The van der Waals surface area contributed by atoms with Gasteiger partial charge >= 0.3 is 6.18 Å². The number of nitrogens with one attached hydrogen (secondary N) is 1. The fraction of sp³-hybridized carbons (Fsp3) is 0.316. The molecule has 2 rings (SSSR count). The molecule has 0 saturated heterocycles. The van der Waals surface area contributed by atoms with Crippen LogP contribution in [0, 0.1) is 5.82 Å². The van der Waals surface area contributed by atoms with E-state index in [-0.39, 0.29) is 18.9 Å². The number of rotatable bonds is 6. The van der Waals surface area contributed by atoms with Gasteiger partial charge in [-0.05, 0) is 23.8 Å². The van der Waals surface area contributed by atoms with Gasteiger partial charge in [-0.3, -0.25) is 4.79 Å². The normalized spacial score (nSPS) is 11.9. The second kappa shape index (κ2) is 7.76. The molecule has 0 fully saturated rings. The van der Waals surface area contributed by atoms with Crippen molar-refractivity contribution in [1.29, 1.82) is 0 Å². The van der Waals surface area contributed by atoms with E-state index in [2.05, 4.69) is 5.32 Å². The number of hydrogen-bond acceptors (Lipinski definition) is 2. The lowest BCUT2D eigenvalue weighted by atomic mass is 9.83. The van der Waals surface area contributed by atoms with Crippen molar-refractivity contribution >= 4 is 5.91 Å². The summed E-state index contributed by atoms with van der Waals surface area (Å²) in [7, 11) is 0. The number of carbonyl (C=O) groups excluding carboxylic acids is 1. The summed E-state index contributed by atoms with van der Waals surface area (Å²) in [6.07, 6.45) is -4.42. The van der Waals surface area contributed by atoms with Crippen LogP contribution in [0.3, 0.4) is 0 Å². The summed E-state index contributed by atoms with van der Waals surface area (Å²) in [4.78, 5) is 11.9. The van der Waals surface area contributed by atoms with Gasteiger partial charge in [-0.15, -0.1) is 0 Å². The maximum absolute atomic E-state index is 13.0. The number of carbonyl (C=O) groups is 1. The zero-order valence-corrected chi connectivity index (χ0v) is 14.4. The number of hydrogen-bond donors (Lipinski definition) is 1. The fourth-order valence-corrected chi connectivity index (χ4v) is 2.29. The standard InChI is InChI=1S/C19H19F4NO2/c1-18(2,13-5-3-6-14(9-13)19(21,22)23)12-24-17(25)11-26-16-8-4-7-15(20)10-16/h3-10H,11-12H2,1-2H3,(H,24,25). The first-order chi connectivity index (χ1) is 12.1. The molecule has 0 unspecified atom stereocenters. The van der Waals surface area contributed by atoms with E-state index in [1.54, 1.807) is 19.9 Å². The van der Waals surface area contributed by atoms with Crippen LogP contribution in [0.25, 0.3) is 0 Å². The summed E-state index contributed by atoms with van der Waals surface area (Å²) < 4.78 is 56.8. The molecule has 0 spiro atoms. The minimum Gasteiger partial charge on any atom is -0.484 e. The molecule has 3 nitrogen and oxygen atoms in total. The van der Waals surface area contributed by atoms with E-state index < -0.39 is 28.9 Å². The molecule has 1 N–H and O–H groups in total. The zero-order chi connectivity index (χ0) is 19.4. The lowest BCUT2D eigenvalue weighted by Gasteiger charge is -2.26. The topological polar surface area (TPSA) is 38.3 Å². The Morgan fingerprint density at radius 1 is 1.04 bits per heavy atom. The third kappa shape index (κ3) is 5.47. The molecular formula is C19H19F4NO2. The van der Waals surface area contributed by atoms with Crippen LogP contribution in [0.4, 0.5) is 17.6 Å². The minimum absolute atomic E-state index is 0.125. The van der Waals surface area contributed by atoms with E-state index in [9.17, 15) is 22.4 Å². The molecule has 0 radical (unpaired) electrons. The highest BCUT2D eigenvalue weighted by Gasteiger charge is 2.32. The number of benzene rings is 2. The van der Waals surface area contributed by atoms with Crippen molar-refractivity contribution in [3.05, 3.63) is 65.5 Å². The lowest BCUT2D eigenvalue weighted by molar-refractivity contribution is -0.137. The van der Waals surface area contributed by atoms with Crippen molar-refractivity contribution in [3.63, 3.8) is 0 Å². The Balaban J connectivity index is 1.94. The molecule has 0 aromatic heterocycles.